The highest BCUT2D eigenvalue weighted by Gasteiger charge is 2.29. The second kappa shape index (κ2) is 10.5. The third-order valence-corrected chi connectivity index (χ3v) is 8.16. The van der Waals surface area contributed by atoms with Crippen LogP contribution in [-0.2, 0) is 0 Å². The summed E-state index contributed by atoms with van der Waals surface area (Å²) in [5, 5.41) is 5.42. The molecule has 210 valence electrons. The number of piperidine rings is 1. The number of fused-ring (bicyclic) bond motifs is 2. The van der Waals surface area contributed by atoms with E-state index in [2.05, 4.69) is 4.98 Å². The molecule has 1 saturated heterocycles. The normalized spacial score (nSPS) is 14.1. The summed E-state index contributed by atoms with van der Waals surface area (Å²) in [6.07, 6.45) is 1.33. The van der Waals surface area contributed by atoms with E-state index in [1.54, 1.807) is 17.7 Å². The Kier molecular flexibility index (Phi) is 6.51. The summed E-state index contributed by atoms with van der Waals surface area (Å²) in [6.45, 7) is 1.02. The summed E-state index contributed by atoms with van der Waals surface area (Å²) in [5.74, 6) is 0.518. The maximum absolute atomic E-state index is 14.1. The van der Waals surface area contributed by atoms with Crippen LogP contribution in [0.15, 0.2) is 89.7 Å². The van der Waals surface area contributed by atoms with Gasteiger partial charge < -0.3 is 14.6 Å². The molecule has 42 heavy (non-hydrogen) atoms. The van der Waals surface area contributed by atoms with Crippen molar-refractivity contribution in [1.82, 2.24) is 29.0 Å². The van der Waals surface area contributed by atoms with Crippen LogP contribution in [0.1, 0.15) is 29.4 Å². The Hall–Kier alpha value is -4.89. The van der Waals surface area contributed by atoms with Gasteiger partial charge in [-0.05, 0) is 55.3 Å². The monoisotopic (exact) mass is 578 g/mol. The Morgan fingerprint density at radius 2 is 1.69 bits per heavy atom. The van der Waals surface area contributed by atoms with Crippen LogP contribution in [0, 0.1) is 0 Å². The molecule has 0 radical (unpaired) electrons. The number of halogens is 1. The number of likely N-dealkylation sites (tertiary alicyclic amines) is 1. The van der Waals surface area contributed by atoms with Gasteiger partial charge in [0.2, 0.25) is 0 Å². The van der Waals surface area contributed by atoms with Crippen molar-refractivity contribution < 1.29 is 9.53 Å². The average molecular weight is 579 g/mol. The zero-order chi connectivity index (χ0) is 28.8. The number of hydrogen-bond acceptors (Lipinski definition) is 5. The summed E-state index contributed by atoms with van der Waals surface area (Å²) in [4.78, 5) is 36.6. The molecule has 4 heterocycles. The fraction of sp³-hybridized carbons (Fsp3) is 0.188. The largest absolute Gasteiger partial charge is 0.496 e. The number of aromatic nitrogens is 5. The molecule has 3 aromatic heterocycles. The molecule has 0 unspecified atom stereocenters. The lowest BCUT2D eigenvalue weighted by atomic mass is 10.0. The molecule has 0 aliphatic carbocycles. The predicted octanol–water partition coefficient (Wildman–Crippen LogP) is 5.85. The number of nitrogens with zero attached hydrogens (tertiary/aromatic N) is 5. The first-order valence-electron chi connectivity index (χ1n) is 13.8. The van der Waals surface area contributed by atoms with Crippen LogP contribution in [0.3, 0.4) is 0 Å². The van der Waals surface area contributed by atoms with Crippen molar-refractivity contribution in [2.45, 2.75) is 18.9 Å². The van der Waals surface area contributed by atoms with Crippen molar-refractivity contribution in [3.8, 4) is 28.3 Å². The number of amides is 1. The van der Waals surface area contributed by atoms with Gasteiger partial charge in [-0.25, -0.2) is 14.3 Å². The third-order valence-electron chi connectivity index (χ3n) is 7.91. The lowest BCUT2D eigenvalue weighted by Gasteiger charge is -2.32. The molecule has 0 saturated carbocycles. The van der Waals surface area contributed by atoms with Crippen molar-refractivity contribution in [1.29, 1.82) is 0 Å². The molecule has 1 aliphatic heterocycles. The van der Waals surface area contributed by atoms with E-state index >= 15 is 0 Å². The van der Waals surface area contributed by atoms with Crippen molar-refractivity contribution in [2.24, 2.45) is 0 Å². The number of ether oxygens (including phenoxy) is 1. The number of H-pyrrole nitrogens is 1. The lowest BCUT2D eigenvalue weighted by molar-refractivity contribution is 0.0686. The number of rotatable bonds is 5. The van der Waals surface area contributed by atoms with Crippen molar-refractivity contribution in [2.75, 3.05) is 20.2 Å². The molecule has 3 aromatic carbocycles. The molecular weight excluding hydrogens is 552 g/mol. The van der Waals surface area contributed by atoms with Gasteiger partial charge in [-0.2, -0.15) is 5.10 Å². The first kappa shape index (κ1) is 26.0. The molecule has 0 atom stereocenters. The Labute approximate surface area is 245 Å². The topological polar surface area (TPSA) is 97.5 Å². The molecule has 1 aliphatic rings. The van der Waals surface area contributed by atoms with E-state index in [1.165, 1.54) is 0 Å². The Balaban J connectivity index is 1.25. The summed E-state index contributed by atoms with van der Waals surface area (Å²) in [5.41, 5.74) is 5.49. The van der Waals surface area contributed by atoms with E-state index in [9.17, 15) is 9.59 Å². The summed E-state index contributed by atoms with van der Waals surface area (Å²) in [6, 6.07) is 26.4. The van der Waals surface area contributed by atoms with E-state index in [0.717, 1.165) is 22.2 Å². The number of carbonyl (C=O) groups excluding carboxylic acids is 1. The number of methoxy groups -OCH3 is 1. The molecule has 6 aromatic rings. The lowest BCUT2D eigenvalue weighted by Crippen LogP contribution is -2.41. The molecule has 0 bridgehead atoms. The zero-order valence-corrected chi connectivity index (χ0v) is 23.6. The average Bonchev–Trinajstić information content (AvgIpc) is 3.61. The SMILES string of the molecule is COc1ccccc1-c1cc(C(=O)N2CCC(n3c(=O)[nH]c4ccccc43)CC2)n2nc(-c3ccc(Cl)cc3)cc2n1. The number of aromatic amines is 1. The van der Waals surface area contributed by atoms with Gasteiger partial charge in [0.1, 0.15) is 11.4 Å². The molecular formula is C32H27ClN6O3. The molecule has 7 rings (SSSR count). The summed E-state index contributed by atoms with van der Waals surface area (Å²) >= 11 is 6.11. The number of hydrogen-bond donors (Lipinski definition) is 1. The summed E-state index contributed by atoms with van der Waals surface area (Å²) in [7, 11) is 1.62. The van der Waals surface area contributed by atoms with Gasteiger partial charge in [-0.3, -0.25) is 9.36 Å². The van der Waals surface area contributed by atoms with Crippen molar-refractivity contribution in [3.63, 3.8) is 0 Å². The Morgan fingerprint density at radius 1 is 0.952 bits per heavy atom. The van der Waals surface area contributed by atoms with Crippen LogP contribution in [0.4, 0.5) is 0 Å². The second-order valence-electron chi connectivity index (χ2n) is 10.4. The van der Waals surface area contributed by atoms with Crippen LogP contribution in [0.2, 0.25) is 5.02 Å². The number of para-hydroxylation sites is 3. The smallest absolute Gasteiger partial charge is 0.326 e. The van der Waals surface area contributed by atoms with Crippen LogP contribution in [0.5, 0.6) is 5.75 Å². The van der Waals surface area contributed by atoms with Gasteiger partial charge in [0, 0.05) is 41.3 Å². The van der Waals surface area contributed by atoms with Gasteiger partial charge in [0.15, 0.2) is 5.65 Å². The van der Waals surface area contributed by atoms with Gasteiger partial charge in [0.25, 0.3) is 5.91 Å². The van der Waals surface area contributed by atoms with Gasteiger partial charge in [0.05, 0.1) is 29.5 Å². The maximum Gasteiger partial charge on any atom is 0.326 e. The fourth-order valence-electron chi connectivity index (χ4n) is 5.81. The molecule has 1 fully saturated rings. The predicted molar refractivity (Wildman–Crippen MR) is 162 cm³/mol. The zero-order valence-electron chi connectivity index (χ0n) is 22.8. The number of benzene rings is 3. The minimum atomic E-state index is -0.144. The second-order valence-corrected chi connectivity index (χ2v) is 10.8. The van der Waals surface area contributed by atoms with E-state index in [0.29, 0.717) is 59.4 Å². The fourth-order valence-corrected chi connectivity index (χ4v) is 5.93. The van der Waals surface area contributed by atoms with Crippen LogP contribution in [-0.4, -0.2) is 55.2 Å². The highest BCUT2D eigenvalue weighted by molar-refractivity contribution is 6.30. The van der Waals surface area contributed by atoms with Crippen LogP contribution in [0.25, 0.3) is 39.2 Å². The van der Waals surface area contributed by atoms with E-state index < -0.39 is 0 Å². The van der Waals surface area contributed by atoms with E-state index in [1.807, 2.05) is 88.3 Å². The molecule has 1 N–H and O–H groups in total. The first-order valence-corrected chi connectivity index (χ1v) is 14.2. The van der Waals surface area contributed by atoms with Gasteiger partial charge in [-0.15, -0.1) is 0 Å². The molecule has 10 heteroatoms. The van der Waals surface area contributed by atoms with Gasteiger partial charge in [-0.1, -0.05) is 48.0 Å². The van der Waals surface area contributed by atoms with E-state index in [4.69, 9.17) is 26.4 Å². The first-order chi connectivity index (χ1) is 20.5. The van der Waals surface area contributed by atoms with Crippen LogP contribution >= 0.6 is 11.6 Å². The number of nitrogens with one attached hydrogen (secondary N) is 1. The van der Waals surface area contributed by atoms with Crippen LogP contribution < -0.4 is 10.4 Å². The Bertz CT molecular complexity index is 2000. The van der Waals surface area contributed by atoms with E-state index in [-0.39, 0.29) is 17.6 Å². The third kappa shape index (κ3) is 4.52. The van der Waals surface area contributed by atoms with Crippen molar-refractivity contribution in [3.05, 3.63) is 106 Å². The molecule has 1 amide bonds. The maximum atomic E-state index is 14.1. The highest BCUT2D eigenvalue weighted by Crippen LogP contribution is 2.32. The number of carbonyl (C=O) groups is 1. The quantitative estimate of drug-likeness (QED) is 0.277. The molecule has 0 spiro atoms. The van der Waals surface area contributed by atoms with Gasteiger partial charge >= 0.3 is 5.69 Å². The molecule has 9 nitrogen and oxygen atoms in total. The van der Waals surface area contributed by atoms with Crippen molar-refractivity contribution >= 4 is 34.2 Å². The minimum absolute atomic E-state index is 0.000473. The Morgan fingerprint density at radius 3 is 2.48 bits per heavy atom. The minimum Gasteiger partial charge on any atom is -0.496 e. The summed E-state index contributed by atoms with van der Waals surface area (Å²) < 4.78 is 9.04. The number of imidazole rings is 1. The standard InChI is InChI=1S/C32H27ClN6O3/c1-42-29-9-5-2-6-23(29)26-18-28(39-30(34-26)19-25(36-39)20-10-12-21(33)13-11-20)31(40)37-16-14-22(15-17-37)38-27-8-4-3-7-24(27)35-32(38)41/h2-13,18-19,22H,14-17H2,1H3,(H,35,41). The highest BCUT2D eigenvalue weighted by atomic mass is 35.5.